The Kier molecular flexibility index (Phi) is 3.73. The highest BCUT2D eigenvalue weighted by Crippen LogP contribution is 2.23. The van der Waals surface area contributed by atoms with E-state index in [9.17, 15) is 4.79 Å². The maximum Gasteiger partial charge on any atom is 0.124 e. The van der Waals surface area contributed by atoms with Crippen molar-refractivity contribution < 1.29 is 4.79 Å². The Morgan fingerprint density at radius 1 is 1.58 bits per heavy atom. The van der Waals surface area contributed by atoms with E-state index < -0.39 is 0 Å². The van der Waals surface area contributed by atoms with Gasteiger partial charge in [0.25, 0.3) is 0 Å². The average Bonchev–Trinajstić information content (AvgIpc) is 2.09. The quantitative estimate of drug-likeness (QED) is 0.599. The van der Waals surface area contributed by atoms with E-state index in [2.05, 4.69) is 18.9 Å². The molecular weight excluding hydrogens is 150 g/mol. The van der Waals surface area contributed by atoms with Crippen LogP contribution in [-0.2, 0) is 4.79 Å². The Balaban J connectivity index is 2.52. The van der Waals surface area contributed by atoms with Gasteiger partial charge in [0, 0.05) is 12.0 Å². The number of hydrogen-bond donors (Lipinski definition) is 0. The molecule has 1 rings (SSSR count). The summed E-state index contributed by atoms with van der Waals surface area (Å²) in [7, 11) is 2.13. The Bertz CT molecular complexity index is 147. The summed E-state index contributed by atoms with van der Waals surface area (Å²) in [5, 5.41) is 0. The molecule has 0 aromatic heterocycles. The molecule has 1 aliphatic heterocycles. The van der Waals surface area contributed by atoms with Crippen molar-refractivity contribution in [2.24, 2.45) is 5.92 Å². The molecule has 0 radical (unpaired) electrons. The average molecular weight is 169 g/mol. The molecule has 1 saturated heterocycles. The molecule has 1 aliphatic rings. The number of rotatable bonds is 3. The maximum atomic E-state index is 10.8. The minimum Gasteiger partial charge on any atom is -0.303 e. The number of aldehydes is 1. The Morgan fingerprint density at radius 2 is 2.33 bits per heavy atom. The molecule has 0 aliphatic carbocycles. The first kappa shape index (κ1) is 9.72. The van der Waals surface area contributed by atoms with Crippen LogP contribution in [-0.4, -0.2) is 30.8 Å². The maximum absolute atomic E-state index is 10.8. The lowest BCUT2D eigenvalue weighted by Gasteiger charge is -2.36. The van der Waals surface area contributed by atoms with Crippen molar-refractivity contribution >= 4 is 6.29 Å². The van der Waals surface area contributed by atoms with Crippen LogP contribution in [0.15, 0.2) is 0 Å². The van der Waals surface area contributed by atoms with E-state index in [1.165, 1.54) is 19.3 Å². The van der Waals surface area contributed by atoms with E-state index >= 15 is 0 Å². The fourth-order valence-corrected chi connectivity index (χ4v) is 2.15. The summed E-state index contributed by atoms with van der Waals surface area (Å²) >= 11 is 0. The minimum atomic E-state index is 0.295. The smallest absolute Gasteiger partial charge is 0.124 e. The molecule has 0 aromatic rings. The second-order valence-corrected chi connectivity index (χ2v) is 3.78. The molecule has 2 atom stereocenters. The molecule has 0 amide bonds. The molecule has 70 valence electrons. The first-order valence-electron chi connectivity index (χ1n) is 4.95. The third-order valence-electron chi connectivity index (χ3n) is 2.87. The van der Waals surface area contributed by atoms with Crippen molar-refractivity contribution in [1.29, 1.82) is 0 Å². The molecular formula is C10H19NO. The summed E-state index contributed by atoms with van der Waals surface area (Å²) in [5.41, 5.74) is 0. The van der Waals surface area contributed by atoms with Crippen molar-refractivity contribution in [2.75, 3.05) is 13.6 Å². The van der Waals surface area contributed by atoms with Gasteiger partial charge < -0.3 is 9.69 Å². The third-order valence-corrected chi connectivity index (χ3v) is 2.87. The number of nitrogens with zero attached hydrogens (tertiary/aromatic N) is 1. The summed E-state index contributed by atoms with van der Waals surface area (Å²) in [6, 6.07) is 0.515. The van der Waals surface area contributed by atoms with Crippen molar-refractivity contribution in [2.45, 2.75) is 38.6 Å². The number of carbonyl (C=O) groups excluding carboxylic acids is 1. The second-order valence-electron chi connectivity index (χ2n) is 3.78. The summed E-state index contributed by atoms with van der Waals surface area (Å²) < 4.78 is 0. The van der Waals surface area contributed by atoms with Gasteiger partial charge in [-0.3, -0.25) is 0 Å². The van der Waals surface area contributed by atoms with Crippen LogP contribution in [0.3, 0.4) is 0 Å². The summed E-state index contributed by atoms with van der Waals surface area (Å²) in [5.74, 6) is 0.295. The molecule has 2 heteroatoms. The number of piperidine rings is 1. The fraction of sp³-hybridized carbons (Fsp3) is 0.900. The first-order chi connectivity index (χ1) is 5.79. The van der Waals surface area contributed by atoms with Gasteiger partial charge in [0.05, 0.1) is 0 Å². The SMILES string of the molecule is CCCC1C(C=O)CCCN1C. The predicted octanol–water partition coefficient (Wildman–Crippen LogP) is 1.70. The molecule has 0 spiro atoms. The van der Waals surface area contributed by atoms with Crippen molar-refractivity contribution in [1.82, 2.24) is 4.90 Å². The summed E-state index contributed by atoms with van der Waals surface area (Å²) in [6.07, 6.45) is 5.77. The van der Waals surface area contributed by atoms with Gasteiger partial charge in [-0.05, 0) is 32.9 Å². The van der Waals surface area contributed by atoms with Gasteiger partial charge in [-0.1, -0.05) is 13.3 Å². The van der Waals surface area contributed by atoms with Gasteiger partial charge in [0.15, 0.2) is 0 Å². The van der Waals surface area contributed by atoms with Crippen LogP contribution < -0.4 is 0 Å². The van der Waals surface area contributed by atoms with Crippen molar-refractivity contribution in [3.63, 3.8) is 0 Å². The normalized spacial score (nSPS) is 31.8. The molecule has 1 fully saturated rings. The van der Waals surface area contributed by atoms with Crippen LogP contribution in [0.25, 0.3) is 0 Å². The summed E-state index contributed by atoms with van der Waals surface area (Å²) in [4.78, 5) is 13.1. The molecule has 0 N–H and O–H groups in total. The van der Waals surface area contributed by atoms with Crippen molar-refractivity contribution in [3.8, 4) is 0 Å². The van der Waals surface area contributed by atoms with E-state index in [1.807, 2.05) is 0 Å². The lowest BCUT2D eigenvalue weighted by molar-refractivity contribution is -0.114. The van der Waals surface area contributed by atoms with Crippen LogP contribution >= 0.6 is 0 Å². The topological polar surface area (TPSA) is 20.3 Å². The number of likely N-dealkylation sites (tertiary alicyclic amines) is 1. The highest BCUT2D eigenvalue weighted by atomic mass is 16.1. The molecule has 2 nitrogen and oxygen atoms in total. The van der Waals surface area contributed by atoms with E-state index in [1.54, 1.807) is 0 Å². The van der Waals surface area contributed by atoms with Gasteiger partial charge >= 0.3 is 0 Å². The number of carbonyl (C=O) groups is 1. The van der Waals surface area contributed by atoms with Crippen LogP contribution in [0.1, 0.15) is 32.6 Å². The van der Waals surface area contributed by atoms with E-state index in [-0.39, 0.29) is 0 Å². The fourth-order valence-electron chi connectivity index (χ4n) is 2.15. The largest absolute Gasteiger partial charge is 0.303 e. The van der Waals surface area contributed by atoms with Gasteiger partial charge in [0.2, 0.25) is 0 Å². The molecule has 1 heterocycles. The predicted molar refractivity (Wildman–Crippen MR) is 50.1 cm³/mol. The van der Waals surface area contributed by atoms with E-state index in [0.29, 0.717) is 12.0 Å². The molecule has 0 aromatic carbocycles. The first-order valence-corrected chi connectivity index (χ1v) is 4.95. The standard InChI is InChI=1S/C10H19NO/c1-3-5-10-9(8-12)6-4-7-11(10)2/h8-10H,3-7H2,1-2H3. The minimum absolute atomic E-state index is 0.295. The van der Waals surface area contributed by atoms with Gasteiger partial charge in [-0.25, -0.2) is 0 Å². The zero-order chi connectivity index (χ0) is 8.97. The van der Waals surface area contributed by atoms with Gasteiger partial charge in [-0.15, -0.1) is 0 Å². The summed E-state index contributed by atoms with van der Waals surface area (Å²) in [6.45, 7) is 3.35. The van der Waals surface area contributed by atoms with Crippen LogP contribution in [0, 0.1) is 5.92 Å². The zero-order valence-corrected chi connectivity index (χ0v) is 8.12. The Morgan fingerprint density at radius 3 is 2.92 bits per heavy atom. The van der Waals surface area contributed by atoms with E-state index in [4.69, 9.17) is 0 Å². The highest BCUT2D eigenvalue weighted by Gasteiger charge is 2.27. The monoisotopic (exact) mass is 169 g/mol. The Labute approximate surface area is 74.9 Å². The second kappa shape index (κ2) is 4.61. The third kappa shape index (κ3) is 2.07. The van der Waals surface area contributed by atoms with Crippen molar-refractivity contribution in [3.05, 3.63) is 0 Å². The lowest BCUT2D eigenvalue weighted by Crippen LogP contribution is -2.43. The highest BCUT2D eigenvalue weighted by molar-refractivity contribution is 5.55. The molecule has 0 bridgehead atoms. The van der Waals surface area contributed by atoms with Gasteiger partial charge in [-0.2, -0.15) is 0 Å². The van der Waals surface area contributed by atoms with E-state index in [0.717, 1.165) is 19.3 Å². The number of hydrogen-bond acceptors (Lipinski definition) is 2. The van der Waals surface area contributed by atoms with Crippen LogP contribution in [0.4, 0.5) is 0 Å². The van der Waals surface area contributed by atoms with Crippen LogP contribution in [0.2, 0.25) is 0 Å². The van der Waals surface area contributed by atoms with Gasteiger partial charge in [0.1, 0.15) is 6.29 Å². The molecule has 2 unspecified atom stereocenters. The zero-order valence-electron chi connectivity index (χ0n) is 8.12. The Hall–Kier alpha value is -0.370. The molecule has 12 heavy (non-hydrogen) atoms. The lowest BCUT2D eigenvalue weighted by atomic mass is 9.88. The molecule has 0 saturated carbocycles. The van der Waals surface area contributed by atoms with Crippen LogP contribution in [0.5, 0.6) is 0 Å².